The average Bonchev–Trinajstić information content (AvgIpc) is 2.99. The van der Waals surface area contributed by atoms with E-state index in [2.05, 4.69) is 31.0 Å². The largest absolute Gasteiger partial charge is 0.391 e. The number of likely N-dealkylation sites (N-methyl/N-ethyl adjacent to an activating group) is 1. The molecule has 1 N–H and O–H groups in total. The number of aliphatic hydroxyl groups is 1. The summed E-state index contributed by atoms with van der Waals surface area (Å²) >= 11 is 0. The Morgan fingerprint density at radius 1 is 1.00 bits per heavy atom. The van der Waals surface area contributed by atoms with Crippen LogP contribution in [0.3, 0.4) is 0 Å². The van der Waals surface area contributed by atoms with Crippen LogP contribution in [0.25, 0.3) is 0 Å². The summed E-state index contributed by atoms with van der Waals surface area (Å²) in [4.78, 5) is 4.62. The third-order valence-electron chi connectivity index (χ3n) is 5.47. The summed E-state index contributed by atoms with van der Waals surface area (Å²) in [6.07, 6.45) is 22.0. The summed E-state index contributed by atoms with van der Waals surface area (Å²) in [5.74, 6) is 0. The molecule has 1 heterocycles. The van der Waals surface area contributed by atoms with Crippen molar-refractivity contribution < 1.29 is 9.59 Å². The van der Waals surface area contributed by atoms with Gasteiger partial charge in [0.2, 0.25) is 6.17 Å². The molecule has 1 aliphatic heterocycles. The van der Waals surface area contributed by atoms with Crippen molar-refractivity contribution >= 4 is 6.21 Å². The van der Waals surface area contributed by atoms with Gasteiger partial charge in [0.05, 0.1) is 19.4 Å². The van der Waals surface area contributed by atoms with Crippen LogP contribution in [-0.4, -0.2) is 48.2 Å². The van der Waals surface area contributed by atoms with Crippen molar-refractivity contribution in [3.63, 3.8) is 0 Å². The molecule has 24 heavy (non-hydrogen) atoms. The lowest BCUT2D eigenvalue weighted by Crippen LogP contribution is -2.53. The van der Waals surface area contributed by atoms with Gasteiger partial charge in [-0.2, -0.15) is 0 Å². The monoisotopic (exact) mass is 337 g/mol. The number of aliphatic imine (C=N–C) groups is 1. The highest BCUT2D eigenvalue weighted by molar-refractivity contribution is 5.60. The van der Waals surface area contributed by atoms with E-state index in [4.69, 9.17) is 0 Å². The van der Waals surface area contributed by atoms with Gasteiger partial charge in [0, 0.05) is 0 Å². The number of nitrogens with zero attached hydrogens (tertiary/aromatic N) is 2. The number of hydrogen-bond donors (Lipinski definition) is 1. The normalized spacial score (nSPS) is 23.5. The van der Waals surface area contributed by atoms with E-state index in [0.29, 0.717) is 0 Å². The standard InChI is InChI=1S/C21H41N2O/c1-3-5-6-7-8-9-10-11-12-13-14-15-16-21-22-17-18-23(21,4-2)19-20-24/h15-17,21,24H,3-14,18-20H2,1-2H3/q+1/b16-15+. The van der Waals surface area contributed by atoms with E-state index in [1.54, 1.807) is 0 Å². The second kappa shape index (κ2) is 13.6. The molecule has 2 atom stereocenters. The first-order valence-corrected chi connectivity index (χ1v) is 10.4. The van der Waals surface area contributed by atoms with Gasteiger partial charge in [-0.3, -0.25) is 4.48 Å². The van der Waals surface area contributed by atoms with Crippen LogP contribution in [0.5, 0.6) is 0 Å². The smallest absolute Gasteiger partial charge is 0.202 e. The molecule has 0 aliphatic carbocycles. The maximum Gasteiger partial charge on any atom is 0.202 e. The van der Waals surface area contributed by atoms with Crippen LogP contribution in [0.4, 0.5) is 0 Å². The summed E-state index contributed by atoms with van der Waals surface area (Å²) in [6, 6.07) is 0. The summed E-state index contributed by atoms with van der Waals surface area (Å²) < 4.78 is 0.894. The van der Waals surface area contributed by atoms with Crippen molar-refractivity contribution in [3.8, 4) is 0 Å². The molecule has 0 fully saturated rings. The van der Waals surface area contributed by atoms with Gasteiger partial charge in [-0.05, 0) is 25.8 Å². The zero-order valence-corrected chi connectivity index (χ0v) is 16.3. The molecule has 0 bridgehead atoms. The maximum absolute atomic E-state index is 9.32. The molecule has 2 unspecified atom stereocenters. The van der Waals surface area contributed by atoms with E-state index in [1.165, 1.54) is 70.6 Å². The van der Waals surface area contributed by atoms with Crippen molar-refractivity contribution in [3.05, 3.63) is 12.2 Å². The Morgan fingerprint density at radius 2 is 1.62 bits per heavy atom. The van der Waals surface area contributed by atoms with Crippen molar-refractivity contribution in [2.45, 2.75) is 90.6 Å². The lowest BCUT2D eigenvalue weighted by atomic mass is 10.1. The van der Waals surface area contributed by atoms with Gasteiger partial charge >= 0.3 is 0 Å². The van der Waals surface area contributed by atoms with Crippen LogP contribution in [0, 0.1) is 0 Å². The Labute approximate surface area is 150 Å². The summed E-state index contributed by atoms with van der Waals surface area (Å²) in [5.41, 5.74) is 0. The first kappa shape index (κ1) is 21.4. The Morgan fingerprint density at radius 3 is 2.21 bits per heavy atom. The minimum atomic E-state index is 0.227. The van der Waals surface area contributed by atoms with Crippen molar-refractivity contribution in [2.24, 2.45) is 4.99 Å². The second-order valence-electron chi connectivity index (χ2n) is 7.31. The van der Waals surface area contributed by atoms with E-state index in [1.807, 2.05) is 6.21 Å². The fraction of sp³-hybridized carbons (Fsp3) is 0.857. The van der Waals surface area contributed by atoms with Crippen LogP contribution in [0.1, 0.15) is 84.5 Å². The Kier molecular flexibility index (Phi) is 12.1. The van der Waals surface area contributed by atoms with E-state index in [0.717, 1.165) is 24.1 Å². The highest BCUT2D eigenvalue weighted by Gasteiger charge is 2.35. The summed E-state index contributed by atoms with van der Waals surface area (Å²) in [6.45, 7) is 7.54. The highest BCUT2D eigenvalue weighted by atomic mass is 16.3. The summed E-state index contributed by atoms with van der Waals surface area (Å²) in [7, 11) is 0. The number of aliphatic hydroxyl groups excluding tert-OH is 1. The van der Waals surface area contributed by atoms with Gasteiger partial charge < -0.3 is 5.11 Å². The molecule has 0 spiro atoms. The Bertz CT molecular complexity index is 354. The van der Waals surface area contributed by atoms with Gasteiger partial charge in [0.25, 0.3) is 0 Å². The molecule has 0 saturated heterocycles. The third kappa shape index (κ3) is 7.94. The molecule has 0 aromatic carbocycles. The Balaban J connectivity index is 2.04. The van der Waals surface area contributed by atoms with E-state index in [-0.39, 0.29) is 12.8 Å². The molecule has 0 amide bonds. The molecule has 0 radical (unpaired) electrons. The SMILES string of the molecule is CCCCCCCCCCCC/C=C/C1N=CC[N+]1(CC)CCO. The molecule has 140 valence electrons. The second-order valence-corrected chi connectivity index (χ2v) is 7.31. The minimum Gasteiger partial charge on any atom is -0.391 e. The molecule has 1 aliphatic rings. The molecule has 0 saturated carbocycles. The molecular formula is C21H41N2O+. The number of unbranched alkanes of at least 4 members (excludes halogenated alkanes) is 10. The molecule has 0 aromatic rings. The van der Waals surface area contributed by atoms with Gasteiger partial charge in [-0.15, -0.1) is 0 Å². The predicted molar refractivity (Wildman–Crippen MR) is 106 cm³/mol. The molecular weight excluding hydrogens is 296 g/mol. The first-order valence-electron chi connectivity index (χ1n) is 10.4. The van der Waals surface area contributed by atoms with Gasteiger partial charge in [0.15, 0.2) is 0 Å². The van der Waals surface area contributed by atoms with Crippen molar-refractivity contribution in [1.29, 1.82) is 0 Å². The molecule has 3 heteroatoms. The number of hydrogen-bond acceptors (Lipinski definition) is 2. The lowest BCUT2D eigenvalue weighted by molar-refractivity contribution is -0.929. The summed E-state index contributed by atoms with van der Waals surface area (Å²) in [5, 5.41) is 9.32. The maximum atomic E-state index is 9.32. The number of quaternary nitrogens is 1. The zero-order chi connectivity index (χ0) is 17.5. The van der Waals surface area contributed by atoms with Crippen LogP contribution in [0.15, 0.2) is 17.1 Å². The third-order valence-corrected chi connectivity index (χ3v) is 5.47. The topological polar surface area (TPSA) is 32.6 Å². The fourth-order valence-electron chi connectivity index (χ4n) is 3.66. The van der Waals surface area contributed by atoms with Gasteiger partial charge in [-0.1, -0.05) is 70.8 Å². The van der Waals surface area contributed by atoms with E-state index in [9.17, 15) is 5.11 Å². The van der Waals surface area contributed by atoms with Gasteiger partial charge in [-0.25, -0.2) is 4.99 Å². The molecule has 1 rings (SSSR count). The predicted octanol–water partition coefficient (Wildman–Crippen LogP) is 5.09. The fourth-order valence-corrected chi connectivity index (χ4v) is 3.66. The lowest BCUT2D eigenvalue weighted by Gasteiger charge is -2.36. The van der Waals surface area contributed by atoms with Crippen LogP contribution in [0.2, 0.25) is 0 Å². The van der Waals surface area contributed by atoms with Crippen LogP contribution < -0.4 is 0 Å². The first-order chi connectivity index (χ1) is 11.8. The molecule has 3 nitrogen and oxygen atoms in total. The minimum absolute atomic E-state index is 0.227. The quantitative estimate of drug-likeness (QED) is 0.252. The van der Waals surface area contributed by atoms with E-state index >= 15 is 0 Å². The van der Waals surface area contributed by atoms with E-state index < -0.39 is 0 Å². The van der Waals surface area contributed by atoms with Crippen molar-refractivity contribution in [2.75, 3.05) is 26.2 Å². The van der Waals surface area contributed by atoms with Gasteiger partial charge in [0.1, 0.15) is 13.1 Å². The molecule has 0 aromatic heterocycles. The Hall–Kier alpha value is -0.670. The van der Waals surface area contributed by atoms with Crippen molar-refractivity contribution in [1.82, 2.24) is 0 Å². The van der Waals surface area contributed by atoms with Crippen LogP contribution in [-0.2, 0) is 0 Å². The number of allylic oxidation sites excluding steroid dienone is 1. The zero-order valence-electron chi connectivity index (χ0n) is 16.3. The highest BCUT2D eigenvalue weighted by Crippen LogP contribution is 2.20. The average molecular weight is 338 g/mol. The van der Waals surface area contributed by atoms with Crippen LogP contribution >= 0.6 is 0 Å². The number of rotatable bonds is 15.